The zero-order chi connectivity index (χ0) is 10.3. The molecule has 1 fully saturated rings. The third-order valence-corrected chi connectivity index (χ3v) is 3.27. The molecule has 0 radical (unpaired) electrons. The molecule has 13 heavy (non-hydrogen) atoms. The first-order chi connectivity index (χ1) is 5.83. The number of alkyl halides is 1. The molecule has 0 aliphatic carbocycles. The molecule has 0 aromatic carbocycles. The van der Waals surface area contributed by atoms with Crippen LogP contribution >= 0.6 is 11.6 Å². The van der Waals surface area contributed by atoms with E-state index in [4.69, 9.17) is 11.6 Å². The van der Waals surface area contributed by atoms with Crippen LogP contribution in [0.5, 0.6) is 0 Å². The predicted octanol–water partition coefficient (Wildman–Crippen LogP) is 1.30. The van der Waals surface area contributed by atoms with Gasteiger partial charge in [-0.1, -0.05) is 20.8 Å². The van der Waals surface area contributed by atoms with Crippen LogP contribution in [-0.2, 0) is 9.59 Å². The molecular weight excluding hydrogens is 190 g/mol. The Kier molecular flexibility index (Phi) is 2.41. The van der Waals surface area contributed by atoms with Gasteiger partial charge >= 0.3 is 0 Å². The van der Waals surface area contributed by atoms with Crippen molar-refractivity contribution in [2.75, 3.05) is 5.88 Å². The van der Waals surface area contributed by atoms with Crippen LogP contribution in [-0.4, -0.2) is 17.7 Å². The van der Waals surface area contributed by atoms with Gasteiger partial charge in [0.2, 0.25) is 11.8 Å². The van der Waals surface area contributed by atoms with Gasteiger partial charge in [-0.3, -0.25) is 14.9 Å². The van der Waals surface area contributed by atoms with Crippen molar-refractivity contribution in [2.45, 2.75) is 27.2 Å². The lowest BCUT2D eigenvalue weighted by atomic mass is 9.67. The van der Waals surface area contributed by atoms with E-state index in [9.17, 15) is 9.59 Å². The fraction of sp³-hybridized carbons (Fsp3) is 0.778. The molecule has 0 saturated carbocycles. The van der Waals surface area contributed by atoms with Crippen LogP contribution in [0.1, 0.15) is 27.2 Å². The predicted molar refractivity (Wildman–Crippen MR) is 50.4 cm³/mol. The number of imide groups is 1. The van der Waals surface area contributed by atoms with Crippen LogP contribution in [0.2, 0.25) is 0 Å². The average Bonchev–Trinajstić information content (AvgIpc) is 2.25. The van der Waals surface area contributed by atoms with Gasteiger partial charge < -0.3 is 0 Å². The summed E-state index contributed by atoms with van der Waals surface area (Å²) in [6, 6.07) is 0. The summed E-state index contributed by atoms with van der Waals surface area (Å²) < 4.78 is 0. The third kappa shape index (κ3) is 1.46. The molecule has 1 unspecified atom stereocenters. The van der Waals surface area contributed by atoms with E-state index >= 15 is 0 Å². The van der Waals surface area contributed by atoms with E-state index in [0.29, 0.717) is 0 Å². The average molecular weight is 204 g/mol. The number of carbonyl (C=O) groups excluding carboxylic acids is 2. The molecule has 0 spiro atoms. The maximum Gasteiger partial charge on any atom is 0.235 e. The van der Waals surface area contributed by atoms with Gasteiger partial charge in [-0.05, 0) is 5.41 Å². The summed E-state index contributed by atoms with van der Waals surface area (Å²) >= 11 is 5.80. The highest BCUT2D eigenvalue weighted by molar-refractivity contribution is 6.22. The molecule has 4 heteroatoms. The number of hydrogen-bond acceptors (Lipinski definition) is 2. The van der Waals surface area contributed by atoms with Gasteiger partial charge in [-0.15, -0.1) is 11.6 Å². The Morgan fingerprint density at radius 1 is 1.46 bits per heavy atom. The quantitative estimate of drug-likeness (QED) is 0.516. The molecular formula is C9H14ClNO2. The topological polar surface area (TPSA) is 46.2 Å². The summed E-state index contributed by atoms with van der Waals surface area (Å²) in [7, 11) is 0. The molecule has 0 aromatic rings. The second-order valence-electron chi connectivity index (χ2n) is 4.52. The summed E-state index contributed by atoms with van der Waals surface area (Å²) in [5, 5.41) is 2.30. The first-order valence-electron chi connectivity index (χ1n) is 4.24. The summed E-state index contributed by atoms with van der Waals surface area (Å²) in [5.74, 6) is -0.269. The second kappa shape index (κ2) is 2.98. The Morgan fingerprint density at radius 2 is 2.00 bits per heavy atom. The largest absolute Gasteiger partial charge is 0.296 e. The minimum atomic E-state index is -0.731. The number of halogens is 1. The van der Waals surface area contributed by atoms with Crippen molar-refractivity contribution in [3.8, 4) is 0 Å². The lowest BCUT2D eigenvalue weighted by molar-refractivity contribution is -0.131. The van der Waals surface area contributed by atoms with E-state index in [1.807, 2.05) is 20.8 Å². The van der Waals surface area contributed by atoms with Crippen molar-refractivity contribution >= 4 is 23.4 Å². The van der Waals surface area contributed by atoms with Crippen LogP contribution in [0.3, 0.4) is 0 Å². The van der Waals surface area contributed by atoms with Crippen molar-refractivity contribution in [3.63, 3.8) is 0 Å². The first-order valence-corrected chi connectivity index (χ1v) is 4.77. The number of nitrogens with one attached hydrogen (secondary N) is 1. The zero-order valence-corrected chi connectivity index (χ0v) is 8.86. The van der Waals surface area contributed by atoms with E-state index in [1.54, 1.807) is 0 Å². The normalized spacial score (nSPS) is 29.2. The minimum Gasteiger partial charge on any atom is -0.296 e. The molecule has 3 nitrogen and oxygen atoms in total. The molecule has 1 N–H and O–H groups in total. The zero-order valence-electron chi connectivity index (χ0n) is 8.11. The third-order valence-electron chi connectivity index (χ3n) is 2.81. The number of rotatable bonds is 1. The smallest absolute Gasteiger partial charge is 0.235 e. The van der Waals surface area contributed by atoms with E-state index in [1.165, 1.54) is 0 Å². The first kappa shape index (κ1) is 10.5. The van der Waals surface area contributed by atoms with Crippen molar-refractivity contribution in [3.05, 3.63) is 0 Å². The van der Waals surface area contributed by atoms with Crippen LogP contribution in [0.4, 0.5) is 0 Å². The Morgan fingerprint density at radius 3 is 2.15 bits per heavy atom. The van der Waals surface area contributed by atoms with Gasteiger partial charge in [0.25, 0.3) is 0 Å². The van der Waals surface area contributed by atoms with Gasteiger partial charge in [0.1, 0.15) is 0 Å². The molecule has 0 aromatic heterocycles. The Bertz CT molecular complexity index is 257. The van der Waals surface area contributed by atoms with Gasteiger partial charge in [0.05, 0.1) is 5.41 Å². The van der Waals surface area contributed by atoms with Crippen LogP contribution in [0.15, 0.2) is 0 Å². The van der Waals surface area contributed by atoms with Crippen molar-refractivity contribution < 1.29 is 9.59 Å². The highest BCUT2D eigenvalue weighted by Gasteiger charge is 2.53. The molecule has 1 aliphatic heterocycles. The van der Waals surface area contributed by atoms with E-state index in [2.05, 4.69) is 5.32 Å². The molecule has 0 bridgehead atoms. The van der Waals surface area contributed by atoms with E-state index in [0.717, 1.165) is 0 Å². The fourth-order valence-electron chi connectivity index (χ4n) is 1.56. The highest BCUT2D eigenvalue weighted by Crippen LogP contribution is 2.45. The summed E-state index contributed by atoms with van der Waals surface area (Å²) in [4.78, 5) is 22.7. The van der Waals surface area contributed by atoms with Crippen LogP contribution < -0.4 is 5.32 Å². The maximum atomic E-state index is 11.6. The maximum absolute atomic E-state index is 11.6. The lowest BCUT2D eigenvalue weighted by Crippen LogP contribution is -2.43. The standard InChI is InChI=1S/C9H14ClNO2/c1-8(2,3)9(5-10)4-6(12)11-7(9)13/h4-5H2,1-3H3,(H,11,12,13). The second-order valence-corrected chi connectivity index (χ2v) is 4.79. The van der Waals surface area contributed by atoms with Crippen molar-refractivity contribution in [2.24, 2.45) is 10.8 Å². The number of carbonyl (C=O) groups is 2. The highest BCUT2D eigenvalue weighted by atomic mass is 35.5. The van der Waals surface area contributed by atoms with E-state index in [-0.39, 0.29) is 29.5 Å². The molecule has 1 rings (SSSR count). The summed E-state index contributed by atoms with van der Waals surface area (Å²) in [6.45, 7) is 5.77. The minimum absolute atomic E-state index is 0.189. The summed E-state index contributed by atoms with van der Waals surface area (Å²) in [5.41, 5.74) is -1.02. The molecule has 74 valence electrons. The van der Waals surface area contributed by atoms with Crippen LogP contribution in [0, 0.1) is 10.8 Å². The monoisotopic (exact) mass is 203 g/mol. The lowest BCUT2D eigenvalue weighted by Gasteiger charge is -2.36. The summed E-state index contributed by atoms with van der Waals surface area (Å²) in [6.07, 6.45) is 0.207. The Hall–Kier alpha value is -0.570. The van der Waals surface area contributed by atoms with Crippen LogP contribution in [0.25, 0.3) is 0 Å². The fourth-order valence-corrected chi connectivity index (χ4v) is 2.18. The van der Waals surface area contributed by atoms with Gasteiger partial charge in [-0.25, -0.2) is 0 Å². The molecule has 2 amide bonds. The van der Waals surface area contributed by atoms with Crippen molar-refractivity contribution in [1.29, 1.82) is 0 Å². The van der Waals surface area contributed by atoms with E-state index < -0.39 is 5.41 Å². The van der Waals surface area contributed by atoms with Gasteiger partial charge in [0.15, 0.2) is 0 Å². The molecule has 1 saturated heterocycles. The SMILES string of the molecule is CC(C)(C)C1(CCl)CC(=O)NC1=O. The Labute approximate surface area is 82.8 Å². The van der Waals surface area contributed by atoms with Crippen molar-refractivity contribution in [1.82, 2.24) is 5.32 Å². The van der Waals surface area contributed by atoms with Gasteiger partial charge in [-0.2, -0.15) is 0 Å². The Balaban J connectivity index is 3.08. The molecule has 1 atom stereocenters. The number of hydrogen-bond donors (Lipinski definition) is 1. The molecule has 1 heterocycles. The van der Waals surface area contributed by atoms with Gasteiger partial charge in [0, 0.05) is 12.3 Å². The molecule has 1 aliphatic rings. The number of amides is 2.